The number of hydrogen-bond acceptors (Lipinski definition) is 2. The Kier molecular flexibility index (Phi) is 3.98. The summed E-state index contributed by atoms with van der Waals surface area (Å²) in [5, 5.41) is 3.09. The van der Waals surface area contributed by atoms with Gasteiger partial charge in [0.1, 0.15) is 0 Å². The monoisotopic (exact) mass is 272 g/mol. The van der Waals surface area contributed by atoms with Crippen LogP contribution < -0.4 is 5.32 Å². The van der Waals surface area contributed by atoms with Gasteiger partial charge >= 0.3 is 0 Å². The van der Waals surface area contributed by atoms with E-state index in [2.05, 4.69) is 44.1 Å². The van der Waals surface area contributed by atoms with Gasteiger partial charge in [0.25, 0.3) is 0 Å². The highest BCUT2D eigenvalue weighted by Crippen LogP contribution is 2.59. The molecule has 3 unspecified atom stereocenters. The van der Waals surface area contributed by atoms with Crippen LogP contribution in [0.3, 0.4) is 0 Å². The number of allylic oxidation sites excluding steroid dienone is 2. The molecule has 1 aromatic rings. The van der Waals surface area contributed by atoms with E-state index in [-0.39, 0.29) is 23.3 Å². The van der Waals surface area contributed by atoms with Crippen molar-refractivity contribution in [1.29, 1.82) is 0 Å². The van der Waals surface area contributed by atoms with Crippen LogP contribution in [-0.2, 0) is 4.79 Å². The van der Waals surface area contributed by atoms with Crippen molar-refractivity contribution in [1.82, 2.24) is 10.3 Å². The summed E-state index contributed by atoms with van der Waals surface area (Å²) < 4.78 is 0. The minimum Gasteiger partial charge on any atom is -0.348 e. The molecule has 2 rings (SSSR count). The van der Waals surface area contributed by atoms with E-state index in [9.17, 15) is 4.79 Å². The largest absolute Gasteiger partial charge is 0.348 e. The van der Waals surface area contributed by atoms with Crippen molar-refractivity contribution in [2.45, 2.75) is 40.7 Å². The molecule has 0 spiro atoms. The van der Waals surface area contributed by atoms with Crippen molar-refractivity contribution in [3.05, 3.63) is 41.7 Å². The highest BCUT2D eigenvalue weighted by atomic mass is 16.2. The Balaban J connectivity index is 2.02. The normalized spacial score (nSPS) is 24.6. The summed E-state index contributed by atoms with van der Waals surface area (Å²) in [6.45, 7) is 10.5. The molecule has 0 aliphatic heterocycles. The zero-order chi connectivity index (χ0) is 14.9. The average molecular weight is 272 g/mol. The zero-order valence-electron chi connectivity index (χ0n) is 13.0. The fourth-order valence-corrected chi connectivity index (χ4v) is 2.86. The van der Waals surface area contributed by atoms with Crippen LogP contribution in [-0.4, -0.2) is 10.9 Å². The van der Waals surface area contributed by atoms with Crippen molar-refractivity contribution < 1.29 is 4.79 Å². The van der Waals surface area contributed by atoms with Crippen molar-refractivity contribution in [3.63, 3.8) is 0 Å². The molecule has 1 amide bonds. The second-order valence-corrected chi connectivity index (χ2v) is 6.55. The fourth-order valence-electron chi connectivity index (χ4n) is 2.86. The molecule has 108 valence electrons. The van der Waals surface area contributed by atoms with E-state index in [0.717, 1.165) is 5.69 Å². The highest BCUT2D eigenvalue weighted by Gasteiger charge is 2.60. The van der Waals surface area contributed by atoms with E-state index in [0.29, 0.717) is 5.92 Å². The maximum atomic E-state index is 12.4. The smallest absolute Gasteiger partial charge is 0.224 e. The Bertz CT molecular complexity index is 515. The third-order valence-corrected chi connectivity index (χ3v) is 4.20. The number of amides is 1. The van der Waals surface area contributed by atoms with Crippen LogP contribution in [0.2, 0.25) is 0 Å². The molecule has 0 saturated heterocycles. The number of hydrogen-bond donors (Lipinski definition) is 1. The molecule has 20 heavy (non-hydrogen) atoms. The van der Waals surface area contributed by atoms with Gasteiger partial charge in [-0.3, -0.25) is 9.78 Å². The van der Waals surface area contributed by atoms with Gasteiger partial charge in [0.05, 0.1) is 17.7 Å². The Morgan fingerprint density at radius 3 is 2.65 bits per heavy atom. The Morgan fingerprint density at radius 2 is 2.10 bits per heavy atom. The van der Waals surface area contributed by atoms with Crippen molar-refractivity contribution in [3.8, 4) is 0 Å². The predicted octanol–water partition coefficient (Wildman–Crippen LogP) is 3.50. The lowest BCUT2D eigenvalue weighted by molar-refractivity contribution is -0.123. The summed E-state index contributed by atoms with van der Waals surface area (Å²) in [6, 6.07) is 5.72. The van der Waals surface area contributed by atoms with Crippen LogP contribution in [0.5, 0.6) is 0 Å². The topological polar surface area (TPSA) is 42.0 Å². The SMILES string of the molecule is CC(C)=CC1C(C(=O)NC(C)c2ccccn2)C1(C)C. The maximum absolute atomic E-state index is 12.4. The molecule has 1 fully saturated rings. The lowest BCUT2D eigenvalue weighted by Crippen LogP contribution is -2.30. The number of carbonyl (C=O) groups is 1. The maximum Gasteiger partial charge on any atom is 0.224 e. The second-order valence-electron chi connectivity index (χ2n) is 6.55. The highest BCUT2D eigenvalue weighted by molar-refractivity contribution is 5.84. The summed E-state index contributed by atoms with van der Waals surface area (Å²) in [4.78, 5) is 16.7. The Labute approximate surface area is 121 Å². The van der Waals surface area contributed by atoms with Gasteiger partial charge < -0.3 is 5.32 Å². The van der Waals surface area contributed by atoms with E-state index >= 15 is 0 Å². The van der Waals surface area contributed by atoms with Gasteiger partial charge in [0, 0.05) is 6.20 Å². The van der Waals surface area contributed by atoms with Gasteiger partial charge in [0.2, 0.25) is 5.91 Å². The predicted molar refractivity (Wildman–Crippen MR) is 81.0 cm³/mol. The van der Waals surface area contributed by atoms with Gasteiger partial charge in [-0.1, -0.05) is 31.6 Å². The van der Waals surface area contributed by atoms with Gasteiger partial charge in [0.15, 0.2) is 0 Å². The molecular weight excluding hydrogens is 248 g/mol. The van der Waals surface area contributed by atoms with Crippen molar-refractivity contribution in [2.75, 3.05) is 0 Å². The molecule has 1 N–H and O–H groups in total. The van der Waals surface area contributed by atoms with Crippen molar-refractivity contribution >= 4 is 5.91 Å². The first-order valence-corrected chi connectivity index (χ1v) is 7.20. The summed E-state index contributed by atoms with van der Waals surface area (Å²) >= 11 is 0. The number of aromatic nitrogens is 1. The van der Waals surface area contributed by atoms with Crippen LogP contribution in [0, 0.1) is 17.3 Å². The second kappa shape index (κ2) is 5.39. The van der Waals surface area contributed by atoms with E-state index in [1.807, 2.05) is 25.1 Å². The quantitative estimate of drug-likeness (QED) is 0.852. The third kappa shape index (κ3) is 2.92. The van der Waals surface area contributed by atoms with Gasteiger partial charge in [-0.25, -0.2) is 0 Å². The minimum absolute atomic E-state index is 0.0487. The van der Waals surface area contributed by atoms with E-state index < -0.39 is 0 Å². The summed E-state index contributed by atoms with van der Waals surface area (Å²) in [5.41, 5.74) is 2.24. The molecule has 1 aliphatic rings. The zero-order valence-corrected chi connectivity index (χ0v) is 13.0. The number of nitrogens with one attached hydrogen (secondary N) is 1. The molecule has 3 heteroatoms. The van der Waals surface area contributed by atoms with Crippen LogP contribution >= 0.6 is 0 Å². The third-order valence-electron chi connectivity index (χ3n) is 4.20. The lowest BCUT2D eigenvalue weighted by Gasteiger charge is -2.13. The first-order chi connectivity index (χ1) is 9.34. The number of carbonyl (C=O) groups excluding carboxylic acids is 1. The molecule has 0 aromatic carbocycles. The number of pyridine rings is 1. The molecule has 1 saturated carbocycles. The first-order valence-electron chi connectivity index (χ1n) is 7.20. The molecule has 3 atom stereocenters. The Morgan fingerprint density at radius 1 is 1.40 bits per heavy atom. The van der Waals surface area contributed by atoms with E-state index in [1.165, 1.54) is 5.57 Å². The Hall–Kier alpha value is -1.64. The molecule has 1 aromatic heterocycles. The minimum atomic E-state index is -0.0487. The molecule has 3 nitrogen and oxygen atoms in total. The number of nitrogens with zero attached hydrogens (tertiary/aromatic N) is 1. The standard InChI is InChI=1S/C17H24N2O/c1-11(2)10-13-15(17(13,4)5)16(20)19-12(3)14-8-6-7-9-18-14/h6-10,12-13,15H,1-5H3,(H,19,20). The van der Waals surface area contributed by atoms with Crippen LogP contribution in [0.25, 0.3) is 0 Å². The van der Waals surface area contributed by atoms with Crippen LogP contribution in [0.4, 0.5) is 0 Å². The number of rotatable bonds is 4. The summed E-state index contributed by atoms with van der Waals surface area (Å²) in [5.74, 6) is 0.558. The molecule has 1 aliphatic carbocycles. The van der Waals surface area contributed by atoms with Crippen molar-refractivity contribution in [2.24, 2.45) is 17.3 Å². The van der Waals surface area contributed by atoms with E-state index in [4.69, 9.17) is 0 Å². The summed E-state index contributed by atoms with van der Waals surface area (Å²) in [7, 11) is 0. The van der Waals surface area contributed by atoms with E-state index in [1.54, 1.807) is 6.20 Å². The van der Waals surface area contributed by atoms with Gasteiger partial charge in [-0.2, -0.15) is 0 Å². The molecule has 0 radical (unpaired) electrons. The van der Waals surface area contributed by atoms with Crippen LogP contribution in [0.1, 0.15) is 46.4 Å². The molecular formula is C17H24N2O. The lowest BCUT2D eigenvalue weighted by atomic mass is 10.1. The van der Waals surface area contributed by atoms with Gasteiger partial charge in [-0.05, 0) is 44.2 Å². The fraction of sp³-hybridized carbons (Fsp3) is 0.529. The van der Waals surface area contributed by atoms with Crippen LogP contribution in [0.15, 0.2) is 36.0 Å². The average Bonchev–Trinajstić information content (AvgIpc) is 2.91. The van der Waals surface area contributed by atoms with Gasteiger partial charge in [-0.15, -0.1) is 0 Å². The first kappa shape index (κ1) is 14.8. The molecule has 1 heterocycles. The summed E-state index contributed by atoms with van der Waals surface area (Å²) in [6.07, 6.45) is 3.97. The molecule has 0 bridgehead atoms.